The van der Waals surface area contributed by atoms with E-state index in [4.69, 9.17) is 4.74 Å². The largest absolute Gasteiger partial charge is 0.497 e. The van der Waals surface area contributed by atoms with Gasteiger partial charge in [-0.15, -0.1) is 0 Å². The van der Waals surface area contributed by atoms with Gasteiger partial charge in [0, 0.05) is 29.7 Å². The van der Waals surface area contributed by atoms with Gasteiger partial charge in [0.05, 0.1) is 7.11 Å². The van der Waals surface area contributed by atoms with Crippen LogP contribution in [0.1, 0.15) is 10.5 Å². The zero-order valence-corrected chi connectivity index (χ0v) is 13.7. The van der Waals surface area contributed by atoms with Crippen LogP contribution in [0.5, 0.6) is 5.75 Å². The summed E-state index contributed by atoms with van der Waals surface area (Å²) in [7, 11) is 1.53. The summed E-state index contributed by atoms with van der Waals surface area (Å²) in [5.41, 5.74) is 0.908. The van der Waals surface area contributed by atoms with Crippen molar-refractivity contribution in [2.75, 3.05) is 17.7 Å². The van der Waals surface area contributed by atoms with Crippen LogP contribution in [0, 0.1) is 11.6 Å². The fourth-order valence-electron chi connectivity index (χ4n) is 2.14. The van der Waals surface area contributed by atoms with Crippen molar-refractivity contribution in [1.82, 2.24) is 9.97 Å². The van der Waals surface area contributed by atoms with E-state index in [1.54, 1.807) is 24.3 Å². The van der Waals surface area contributed by atoms with E-state index >= 15 is 0 Å². The molecule has 0 bridgehead atoms. The Kier molecular flexibility index (Phi) is 5.02. The average Bonchev–Trinajstić information content (AvgIpc) is 2.65. The smallest absolute Gasteiger partial charge is 0.274 e. The molecular weight excluding hydrogens is 342 g/mol. The van der Waals surface area contributed by atoms with E-state index in [0.29, 0.717) is 11.4 Å². The van der Waals surface area contributed by atoms with E-state index in [1.165, 1.54) is 25.4 Å². The molecule has 0 saturated carbocycles. The highest BCUT2D eigenvalue weighted by Crippen LogP contribution is 2.19. The van der Waals surface area contributed by atoms with E-state index < -0.39 is 17.5 Å². The zero-order valence-electron chi connectivity index (χ0n) is 13.7. The van der Waals surface area contributed by atoms with Crippen LogP contribution in [-0.2, 0) is 0 Å². The molecule has 0 aliphatic heterocycles. The number of aromatic nitrogens is 2. The maximum atomic E-state index is 13.3. The zero-order chi connectivity index (χ0) is 18.5. The molecule has 0 aliphatic rings. The van der Waals surface area contributed by atoms with Gasteiger partial charge in [-0.05, 0) is 30.3 Å². The molecule has 1 amide bonds. The van der Waals surface area contributed by atoms with Crippen molar-refractivity contribution in [1.29, 1.82) is 0 Å². The molecule has 132 valence electrons. The van der Waals surface area contributed by atoms with Gasteiger partial charge in [-0.1, -0.05) is 6.07 Å². The van der Waals surface area contributed by atoms with Gasteiger partial charge >= 0.3 is 0 Å². The van der Waals surface area contributed by atoms with Crippen molar-refractivity contribution in [3.8, 4) is 5.75 Å². The van der Waals surface area contributed by atoms with Crippen molar-refractivity contribution in [2.45, 2.75) is 0 Å². The predicted octanol–water partition coefficient (Wildman–Crippen LogP) is 3.76. The number of methoxy groups -OCH3 is 1. The van der Waals surface area contributed by atoms with Crippen LogP contribution >= 0.6 is 0 Å². The lowest BCUT2D eigenvalue weighted by atomic mass is 10.3. The van der Waals surface area contributed by atoms with Gasteiger partial charge < -0.3 is 15.4 Å². The normalized spacial score (nSPS) is 10.3. The third-order valence-electron chi connectivity index (χ3n) is 3.39. The maximum absolute atomic E-state index is 13.3. The van der Waals surface area contributed by atoms with Crippen molar-refractivity contribution in [2.24, 2.45) is 0 Å². The molecule has 26 heavy (non-hydrogen) atoms. The first-order chi connectivity index (χ1) is 12.5. The molecule has 1 heterocycles. The molecule has 0 saturated heterocycles. The summed E-state index contributed by atoms with van der Waals surface area (Å²) < 4.78 is 31.3. The summed E-state index contributed by atoms with van der Waals surface area (Å²) in [6, 6.07) is 11.6. The van der Waals surface area contributed by atoms with Crippen LogP contribution in [-0.4, -0.2) is 23.0 Å². The Labute approximate surface area is 147 Å². The third kappa shape index (κ3) is 4.10. The number of nitrogens with one attached hydrogen (secondary N) is 2. The second-order valence-corrected chi connectivity index (χ2v) is 5.21. The number of hydrogen-bond acceptors (Lipinski definition) is 5. The van der Waals surface area contributed by atoms with Crippen molar-refractivity contribution in [3.05, 3.63) is 72.1 Å². The van der Waals surface area contributed by atoms with E-state index in [-0.39, 0.29) is 17.3 Å². The second kappa shape index (κ2) is 7.56. The molecule has 0 radical (unpaired) electrons. The third-order valence-corrected chi connectivity index (χ3v) is 3.39. The lowest BCUT2D eigenvalue weighted by Crippen LogP contribution is -2.14. The Morgan fingerprint density at radius 1 is 1.04 bits per heavy atom. The summed E-state index contributed by atoms with van der Waals surface area (Å²) in [5.74, 6) is -1.72. The number of ether oxygens (including phenoxy) is 1. The van der Waals surface area contributed by atoms with Crippen LogP contribution in [0.3, 0.4) is 0 Å². The Hall–Kier alpha value is -3.55. The number of nitrogens with zero attached hydrogens (tertiary/aromatic N) is 2. The van der Waals surface area contributed by atoms with E-state index in [2.05, 4.69) is 20.6 Å². The number of amides is 1. The highest BCUT2D eigenvalue weighted by molar-refractivity contribution is 6.03. The van der Waals surface area contributed by atoms with Crippen LogP contribution in [0.4, 0.5) is 26.1 Å². The number of rotatable bonds is 5. The number of carbonyl (C=O) groups is 1. The number of halogens is 2. The number of hydrogen-bond donors (Lipinski definition) is 2. The highest BCUT2D eigenvalue weighted by atomic mass is 19.2. The highest BCUT2D eigenvalue weighted by Gasteiger charge is 2.11. The minimum absolute atomic E-state index is 0.0781. The monoisotopic (exact) mass is 356 g/mol. The molecule has 0 fully saturated rings. The van der Waals surface area contributed by atoms with Gasteiger partial charge in [-0.2, -0.15) is 0 Å². The van der Waals surface area contributed by atoms with E-state index in [0.717, 1.165) is 12.1 Å². The van der Waals surface area contributed by atoms with Gasteiger partial charge in [-0.25, -0.2) is 18.7 Å². The van der Waals surface area contributed by atoms with Crippen molar-refractivity contribution >= 4 is 23.2 Å². The first-order valence-electron chi connectivity index (χ1n) is 7.55. The molecule has 1 aromatic heterocycles. The van der Waals surface area contributed by atoms with Crippen LogP contribution in [0.15, 0.2) is 54.7 Å². The second-order valence-electron chi connectivity index (χ2n) is 5.21. The molecule has 2 N–H and O–H groups in total. The Morgan fingerprint density at radius 3 is 2.65 bits per heavy atom. The molecule has 0 atom stereocenters. The molecule has 3 rings (SSSR count). The van der Waals surface area contributed by atoms with Gasteiger partial charge in [0.15, 0.2) is 11.6 Å². The SMILES string of the molecule is COc1cccc(NC(=O)c2ccnc(Nc3ccc(F)c(F)c3)n2)c1. The van der Waals surface area contributed by atoms with Gasteiger partial charge in [0.2, 0.25) is 5.95 Å². The maximum Gasteiger partial charge on any atom is 0.274 e. The Balaban J connectivity index is 1.75. The quantitative estimate of drug-likeness (QED) is 0.728. The summed E-state index contributed by atoms with van der Waals surface area (Å²) in [5, 5.41) is 5.41. The molecule has 2 aromatic carbocycles. The number of anilines is 3. The minimum atomic E-state index is -0.998. The van der Waals surface area contributed by atoms with E-state index in [1.807, 2.05) is 0 Å². The molecule has 3 aromatic rings. The molecule has 0 spiro atoms. The standard InChI is InChI=1S/C18H14F2N4O2/c1-26-13-4-2-3-11(9-13)22-17(25)16-7-8-21-18(24-16)23-12-5-6-14(19)15(20)10-12/h2-10H,1H3,(H,22,25)(H,21,23,24). The lowest BCUT2D eigenvalue weighted by Gasteiger charge is -2.08. The number of carbonyl (C=O) groups excluding carboxylic acids is 1. The summed E-state index contributed by atoms with van der Waals surface area (Å²) in [4.78, 5) is 20.4. The fraction of sp³-hybridized carbons (Fsp3) is 0.0556. The predicted molar refractivity (Wildman–Crippen MR) is 92.6 cm³/mol. The minimum Gasteiger partial charge on any atom is -0.497 e. The first kappa shape index (κ1) is 17.3. The summed E-state index contributed by atoms with van der Waals surface area (Å²) in [6.45, 7) is 0. The topological polar surface area (TPSA) is 76.1 Å². The Bertz CT molecular complexity index is 950. The lowest BCUT2D eigenvalue weighted by molar-refractivity contribution is 0.102. The average molecular weight is 356 g/mol. The molecule has 6 nitrogen and oxygen atoms in total. The number of benzene rings is 2. The van der Waals surface area contributed by atoms with Crippen molar-refractivity contribution in [3.63, 3.8) is 0 Å². The Morgan fingerprint density at radius 2 is 1.88 bits per heavy atom. The summed E-state index contributed by atoms with van der Waals surface area (Å²) >= 11 is 0. The molecule has 0 aliphatic carbocycles. The summed E-state index contributed by atoms with van der Waals surface area (Å²) in [6.07, 6.45) is 1.38. The molecule has 8 heteroatoms. The van der Waals surface area contributed by atoms with E-state index in [9.17, 15) is 13.6 Å². The van der Waals surface area contributed by atoms with Crippen LogP contribution in [0.2, 0.25) is 0 Å². The van der Waals surface area contributed by atoms with Crippen LogP contribution in [0.25, 0.3) is 0 Å². The molecular formula is C18H14F2N4O2. The van der Waals surface area contributed by atoms with Crippen molar-refractivity contribution < 1.29 is 18.3 Å². The molecule has 0 unspecified atom stereocenters. The van der Waals surface area contributed by atoms with Gasteiger partial charge in [-0.3, -0.25) is 4.79 Å². The fourth-order valence-corrected chi connectivity index (χ4v) is 2.14. The van der Waals surface area contributed by atoms with Gasteiger partial charge in [0.25, 0.3) is 5.91 Å². The van der Waals surface area contributed by atoms with Gasteiger partial charge in [0.1, 0.15) is 11.4 Å². The first-order valence-corrected chi connectivity index (χ1v) is 7.55. The van der Waals surface area contributed by atoms with Crippen LogP contribution < -0.4 is 15.4 Å².